The third-order valence-electron chi connectivity index (χ3n) is 1.62. The van der Waals surface area contributed by atoms with Crippen LogP contribution in [0.5, 0.6) is 0 Å². The zero-order valence-corrected chi connectivity index (χ0v) is 14.7. The number of aromatic nitrogens is 1. The first-order valence-corrected chi connectivity index (χ1v) is 7.49. The van der Waals surface area contributed by atoms with Gasteiger partial charge in [0.1, 0.15) is 11.0 Å². The number of anilines is 1. The van der Waals surface area contributed by atoms with E-state index in [4.69, 9.17) is 11.6 Å². The molecule has 1 N–H and O–H groups in total. The van der Waals surface area contributed by atoms with Crippen LogP contribution in [0.1, 0.15) is 54.0 Å². The number of rotatable bonds is 3. The molecule has 0 saturated carbocycles. The summed E-state index contributed by atoms with van der Waals surface area (Å²) >= 11 is 5.76. The number of nitrogens with one attached hydrogen (secondary N) is 1. The lowest BCUT2D eigenvalue weighted by molar-refractivity contribution is 1.15. The zero-order valence-electron chi connectivity index (χ0n) is 13.9. The van der Waals surface area contributed by atoms with Crippen LogP contribution in [0.4, 0.5) is 5.82 Å². The van der Waals surface area contributed by atoms with Gasteiger partial charge in [-0.3, -0.25) is 0 Å². The molecule has 1 aromatic heterocycles. The molecule has 0 aliphatic rings. The van der Waals surface area contributed by atoms with Crippen molar-refractivity contribution >= 4 is 17.4 Å². The molecule has 0 aliphatic carbocycles. The highest BCUT2D eigenvalue weighted by atomic mass is 35.5. The third-order valence-corrected chi connectivity index (χ3v) is 1.83. The maximum atomic E-state index is 5.76. The van der Waals surface area contributed by atoms with Crippen LogP contribution >= 0.6 is 11.6 Å². The molecule has 1 rings (SSSR count). The molecule has 0 amide bonds. The number of nitrogens with zero attached hydrogens (tertiary/aromatic N) is 1. The van der Waals surface area contributed by atoms with E-state index in [1.807, 2.05) is 61.5 Å². The monoisotopic (exact) mass is 286 g/mol. The predicted octanol–water partition coefficient (Wildman–Crippen LogP) is 6.11. The Morgan fingerprint density at radius 3 is 2.05 bits per heavy atom. The van der Waals surface area contributed by atoms with E-state index in [0.29, 0.717) is 5.15 Å². The second-order valence-electron chi connectivity index (χ2n) is 3.11. The summed E-state index contributed by atoms with van der Waals surface area (Å²) in [4.78, 5) is 4.16. The van der Waals surface area contributed by atoms with E-state index >= 15 is 0 Å². The smallest absolute Gasteiger partial charge is 0.131 e. The molecule has 0 bridgehead atoms. The van der Waals surface area contributed by atoms with Crippen LogP contribution < -0.4 is 5.32 Å². The third kappa shape index (κ3) is 13.2. The standard InChI is InChI=1S/C10H13ClN2.3C2H6/c1-7(2)6-12-10-8(3)4-5-9(11)13-10;3*1-2/h4-5H,1,6H2,2-3H3,(H,12,13);3*1-2H3. The van der Waals surface area contributed by atoms with E-state index in [-0.39, 0.29) is 0 Å². The summed E-state index contributed by atoms with van der Waals surface area (Å²) in [6, 6.07) is 3.72. The summed E-state index contributed by atoms with van der Waals surface area (Å²) in [6.45, 7) is 20.5. The molecule has 19 heavy (non-hydrogen) atoms. The first-order chi connectivity index (χ1) is 9.09. The van der Waals surface area contributed by atoms with Crippen LogP contribution in [0, 0.1) is 6.92 Å². The first kappa shape index (κ1) is 23.1. The summed E-state index contributed by atoms with van der Waals surface area (Å²) in [7, 11) is 0. The van der Waals surface area contributed by atoms with Crippen molar-refractivity contribution in [2.75, 3.05) is 11.9 Å². The average Bonchev–Trinajstić information content (AvgIpc) is 2.46. The molecule has 0 radical (unpaired) electrons. The zero-order chi connectivity index (χ0) is 15.8. The van der Waals surface area contributed by atoms with Gasteiger partial charge in [-0.1, -0.05) is 71.4 Å². The first-order valence-electron chi connectivity index (χ1n) is 7.11. The van der Waals surface area contributed by atoms with Gasteiger partial charge in [-0.2, -0.15) is 0 Å². The summed E-state index contributed by atoms with van der Waals surface area (Å²) in [5.41, 5.74) is 2.16. The van der Waals surface area contributed by atoms with Gasteiger partial charge in [0.2, 0.25) is 0 Å². The quantitative estimate of drug-likeness (QED) is 0.535. The van der Waals surface area contributed by atoms with Gasteiger partial charge in [-0.05, 0) is 25.5 Å². The minimum absolute atomic E-state index is 0.509. The average molecular weight is 287 g/mol. The van der Waals surface area contributed by atoms with Gasteiger partial charge in [0, 0.05) is 6.54 Å². The van der Waals surface area contributed by atoms with Crippen molar-refractivity contribution < 1.29 is 0 Å². The van der Waals surface area contributed by atoms with Gasteiger partial charge in [0.15, 0.2) is 0 Å². The van der Waals surface area contributed by atoms with E-state index in [0.717, 1.165) is 23.5 Å². The van der Waals surface area contributed by atoms with Crippen molar-refractivity contribution in [2.45, 2.75) is 55.4 Å². The maximum Gasteiger partial charge on any atom is 0.131 e. The second-order valence-corrected chi connectivity index (χ2v) is 3.50. The van der Waals surface area contributed by atoms with Crippen LogP contribution in [0.15, 0.2) is 24.3 Å². The molecular weight excluding hydrogens is 256 g/mol. The number of pyridine rings is 1. The maximum absolute atomic E-state index is 5.76. The minimum Gasteiger partial charge on any atom is -0.366 e. The summed E-state index contributed by atoms with van der Waals surface area (Å²) < 4.78 is 0. The number of hydrogen-bond acceptors (Lipinski definition) is 2. The lowest BCUT2D eigenvalue weighted by Crippen LogP contribution is -2.05. The lowest BCUT2D eigenvalue weighted by Gasteiger charge is -2.07. The predicted molar refractivity (Wildman–Crippen MR) is 91.3 cm³/mol. The second kappa shape index (κ2) is 17.0. The van der Waals surface area contributed by atoms with Crippen molar-refractivity contribution in [1.82, 2.24) is 4.98 Å². The Bertz CT molecular complexity index is 323. The fourth-order valence-electron chi connectivity index (χ4n) is 0.919. The molecule has 0 fully saturated rings. The van der Waals surface area contributed by atoms with E-state index < -0.39 is 0 Å². The van der Waals surface area contributed by atoms with Crippen LogP contribution in [0.25, 0.3) is 0 Å². The normalized spacial score (nSPS) is 7.63. The molecule has 0 saturated heterocycles. The van der Waals surface area contributed by atoms with Crippen molar-refractivity contribution in [3.8, 4) is 0 Å². The molecule has 3 heteroatoms. The molecule has 2 nitrogen and oxygen atoms in total. The fourth-order valence-corrected chi connectivity index (χ4v) is 1.07. The van der Waals surface area contributed by atoms with Crippen molar-refractivity contribution in [2.24, 2.45) is 0 Å². The van der Waals surface area contributed by atoms with E-state index in [1.165, 1.54) is 0 Å². The Morgan fingerprint density at radius 2 is 1.63 bits per heavy atom. The van der Waals surface area contributed by atoms with Gasteiger partial charge in [0.05, 0.1) is 0 Å². The van der Waals surface area contributed by atoms with Crippen LogP contribution in [0.2, 0.25) is 5.15 Å². The molecule has 112 valence electrons. The van der Waals surface area contributed by atoms with Crippen LogP contribution in [-0.2, 0) is 0 Å². The summed E-state index contributed by atoms with van der Waals surface area (Å²) in [5, 5.41) is 3.67. The highest BCUT2D eigenvalue weighted by molar-refractivity contribution is 6.29. The summed E-state index contributed by atoms with van der Waals surface area (Å²) in [6.07, 6.45) is 0. The Hall–Kier alpha value is -1.02. The largest absolute Gasteiger partial charge is 0.366 e. The van der Waals surface area contributed by atoms with Gasteiger partial charge in [0.25, 0.3) is 0 Å². The topological polar surface area (TPSA) is 24.9 Å². The number of aryl methyl sites for hydroxylation is 1. The molecule has 1 aromatic rings. The Labute approximate surface area is 125 Å². The molecular formula is C16H31ClN2. The molecule has 0 spiro atoms. The van der Waals surface area contributed by atoms with Gasteiger partial charge < -0.3 is 5.32 Å². The van der Waals surface area contributed by atoms with Gasteiger partial charge >= 0.3 is 0 Å². The fraction of sp³-hybridized carbons (Fsp3) is 0.562. The molecule has 0 aromatic carbocycles. The molecule has 1 heterocycles. The molecule has 0 atom stereocenters. The highest BCUT2D eigenvalue weighted by Gasteiger charge is 1.99. The molecule has 0 aliphatic heterocycles. The Morgan fingerprint density at radius 1 is 1.16 bits per heavy atom. The van der Waals surface area contributed by atoms with Crippen LogP contribution in [-0.4, -0.2) is 11.5 Å². The number of hydrogen-bond donors (Lipinski definition) is 1. The Kier molecular flexibility index (Phi) is 20.6. The number of halogens is 1. The van der Waals surface area contributed by atoms with E-state index in [1.54, 1.807) is 6.07 Å². The van der Waals surface area contributed by atoms with Crippen molar-refractivity contribution in [1.29, 1.82) is 0 Å². The lowest BCUT2D eigenvalue weighted by atomic mass is 10.3. The van der Waals surface area contributed by atoms with Crippen molar-refractivity contribution in [3.05, 3.63) is 35.0 Å². The van der Waals surface area contributed by atoms with Crippen LogP contribution in [0.3, 0.4) is 0 Å². The van der Waals surface area contributed by atoms with E-state index in [2.05, 4.69) is 16.9 Å². The van der Waals surface area contributed by atoms with Crippen molar-refractivity contribution in [3.63, 3.8) is 0 Å². The molecule has 0 unspecified atom stereocenters. The van der Waals surface area contributed by atoms with E-state index in [9.17, 15) is 0 Å². The summed E-state index contributed by atoms with van der Waals surface area (Å²) in [5.74, 6) is 0.829. The van der Waals surface area contributed by atoms with Gasteiger partial charge in [-0.25, -0.2) is 4.98 Å². The van der Waals surface area contributed by atoms with Gasteiger partial charge in [-0.15, -0.1) is 0 Å². The SMILES string of the molecule is C=C(C)CNc1nc(Cl)ccc1C.CC.CC.CC. The minimum atomic E-state index is 0.509. The highest BCUT2D eigenvalue weighted by Crippen LogP contribution is 2.15. The Balaban J connectivity index is -0.000000375.